The minimum Gasteiger partial charge on any atom is -0.507 e. The SMILES string of the molecule is Oc1ccc(C(=C2CC=Cc3ccccc32)c2ccccc2)c2ccccc12. The van der Waals surface area contributed by atoms with Gasteiger partial charge in [0.2, 0.25) is 0 Å². The van der Waals surface area contributed by atoms with Gasteiger partial charge in [0.25, 0.3) is 0 Å². The molecule has 1 aliphatic carbocycles. The van der Waals surface area contributed by atoms with Crippen LogP contribution in [-0.4, -0.2) is 5.11 Å². The van der Waals surface area contributed by atoms with Crippen molar-refractivity contribution in [2.45, 2.75) is 6.42 Å². The molecule has 0 radical (unpaired) electrons. The maximum Gasteiger partial charge on any atom is 0.123 e. The molecule has 134 valence electrons. The monoisotopic (exact) mass is 360 g/mol. The average molecular weight is 360 g/mol. The van der Waals surface area contributed by atoms with Gasteiger partial charge < -0.3 is 5.11 Å². The second kappa shape index (κ2) is 6.86. The zero-order valence-corrected chi connectivity index (χ0v) is 15.5. The number of rotatable bonds is 2. The van der Waals surface area contributed by atoms with Crippen molar-refractivity contribution in [1.29, 1.82) is 0 Å². The highest BCUT2D eigenvalue weighted by molar-refractivity contribution is 6.08. The summed E-state index contributed by atoms with van der Waals surface area (Å²) in [5.74, 6) is 0.320. The topological polar surface area (TPSA) is 20.2 Å². The average Bonchev–Trinajstić information content (AvgIpc) is 2.77. The van der Waals surface area contributed by atoms with Crippen molar-refractivity contribution >= 4 is 28.0 Å². The molecule has 0 aromatic heterocycles. The van der Waals surface area contributed by atoms with Crippen molar-refractivity contribution in [2.75, 3.05) is 0 Å². The predicted molar refractivity (Wildman–Crippen MR) is 118 cm³/mol. The summed E-state index contributed by atoms with van der Waals surface area (Å²) in [6.45, 7) is 0. The Morgan fingerprint density at radius 3 is 2.25 bits per heavy atom. The number of hydrogen-bond acceptors (Lipinski definition) is 1. The molecule has 4 aromatic rings. The molecular weight excluding hydrogens is 340 g/mol. The summed E-state index contributed by atoms with van der Waals surface area (Å²) >= 11 is 0. The molecular formula is C27H20O. The number of phenols is 1. The first-order valence-electron chi connectivity index (χ1n) is 9.58. The van der Waals surface area contributed by atoms with Gasteiger partial charge in [-0.1, -0.05) is 97.1 Å². The van der Waals surface area contributed by atoms with E-state index >= 15 is 0 Å². The van der Waals surface area contributed by atoms with Gasteiger partial charge in [0, 0.05) is 5.39 Å². The molecule has 0 spiro atoms. The Labute approximate surface area is 164 Å². The lowest BCUT2D eigenvalue weighted by Crippen LogP contribution is -2.00. The van der Waals surface area contributed by atoms with Crippen molar-refractivity contribution < 1.29 is 5.11 Å². The van der Waals surface area contributed by atoms with E-state index in [1.165, 1.54) is 27.8 Å². The van der Waals surface area contributed by atoms with Gasteiger partial charge in [-0.3, -0.25) is 0 Å². The number of benzene rings is 4. The van der Waals surface area contributed by atoms with Crippen LogP contribution in [0.5, 0.6) is 5.75 Å². The molecule has 0 bridgehead atoms. The second-order valence-corrected chi connectivity index (χ2v) is 7.09. The van der Waals surface area contributed by atoms with Crippen LogP contribution in [-0.2, 0) is 0 Å². The number of allylic oxidation sites excluding steroid dienone is 2. The Hall–Kier alpha value is -3.58. The Morgan fingerprint density at radius 1 is 0.679 bits per heavy atom. The Kier molecular flexibility index (Phi) is 4.06. The molecule has 1 nitrogen and oxygen atoms in total. The van der Waals surface area contributed by atoms with Gasteiger partial charge in [-0.2, -0.15) is 0 Å². The summed E-state index contributed by atoms with van der Waals surface area (Å²) in [4.78, 5) is 0. The number of phenolic OH excluding ortho intramolecular Hbond substituents is 1. The van der Waals surface area contributed by atoms with Crippen LogP contribution in [0.25, 0.3) is 28.0 Å². The summed E-state index contributed by atoms with van der Waals surface area (Å²) in [6.07, 6.45) is 5.33. The van der Waals surface area contributed by atoms with E-state index in [2.05, 4.69) is 72.8 Å². The highest BCUT2D eigenvalue weighted by Crippen LogP contribution is 2.41. The van der Waals surface area contributed by atoms with Crippen LogP contribution in [0.2, 0.25) is 0 Å². The largest absolute Gasteiger partial charge is 0.507 e. The molecule has 0 atom stereocenters. The summed E-state index contributed by atoms with van der Waals surface area (Å²) in [5.41, 5.74) is 7.42. The lowest BCUT2D eigenvalue weighted by atomic mass is 9.82. The number of hydrogen-bond donors (Lipinski definition) is 1. The fraction of sp³-hybridized carbons (Fsp3) is 0.0370. The molecule has 1 aliphatic rings. The lowest BCUT2D eigenvalue weighted by Gasteiger charge is -2.21. The van der Waals surface area contributed by atoms with Gasteiger partial charge in [-0.25, -0.2) is 0 Å². The van der Waals surface area contributed by atoms with E-state index in [-0.39, 0.29) is 0 Å². The first kappa shape index (κ1) is 16.6. The van der Waals surface area contributed by atoms with Crippen LogP contribution < -0.4 is 0 Å². The van der Waals surface area contributed by atoms with Gasteiger partial charge in [-0.05, 0) is 51.3 Å². The van der Waals surface area contributed by atoms with Gasteiger partial charge in [0.1, 0.15) is 5.75 Å². The molecule has 0 amide bonds. The molecule has 5 rings (SSSR count). The van der Waals surface area contributed by atoms with Crippen LogP contribution in [0, 0.1) is 0 Å². The van der Waals surface area contributed by atoms with Crippen LogP contribution in [0.15, 0.2) is 97.1 Å². The second-order valence-electron chi connectivity index (χ2n) is 7.09. The van der Waals surface area contributed by atoms with E-state index in [0.717, 1.165) is 22.8 Å². The third-order valence-electron chi connectivity index (χ3n) is 5.44. The Balaban J connectivity index is 1.89. The Morgan fingerprint density at radius 2 is 1.39 bits per heavy atom. The van der Waals surface area contributed by atoms with Gasteiger partial charge in [0.05, 0.1) is 0 Å². The first-order valence-corrected chi connectivity index (χ1v) is 9.58. The molecule has 0 saturated heterocycles. The first-order chi connectivity index (χ1) is 13.8. The minimum absolute atomic E-state index is 0.320. The van der Waals surface area contributed by atoms with Crippen molar-refractivity contribution in [3.05, 3.63) is 119 Å². The lowest BCUT2D eigenvalue weighted by molar-refractivity contribution is 0.481. The molecule has 0 aliphatic heterocycles. The van der Waals surface area contributed by atoms with Crippen molar-refractivity contribution in [2.24, 2.45) is 0 Å². The summed E-state index contributed by atoms with van der Waals surface area (Å²) in [5, 5.41) is 12.3. The summed E-state index contributed by atoms with van der Waals surface area (Å²) in [7, 11) is 0. The molecule has 0 heterocycles. The molecule has 0 fully saturated rings. The third kappa shape index (κ3) is 2.73. The van der Waals surface area contributed by atoms with E-state index in [9.17, 15) is 5.11 Å². The molecule has 0 saturated carbocycles. The zero-order valence-electron chi connectivity index (χ0n) is 15.5. The fourth-order valence-electron chi connectivity index (χ4n) is 4.17. The zero-order chi connectivity index (χ0) is 18.9. The third-order valence-corrected chi connectivity index (χ3v) is 5.44. The van der Waals surface area contributed by atoms with E-state index in [0.29, 0.717) is 5.75 Å². The van der Waals surface area contributed by atoms with Gasteiger partial charge in [-0.15, -0.1) is 0 Å². The van der Waals surface area contributed by atoms with Gasteiger partial charge >= 0.3 is 0 Å². The van der Waals surface area contributed by atoms with Crippen LogP contribution in [0.4, 0.5) is 0 Å². The minimum atomic E-state index is 0.320. The summed E-state index contributed by atoms with van der Waals surface area (Å²) in [6, 6.07) is 31.1. The quantitative estimate of drug-likeness (QED) is 0.411. The summed E-state index contributed by atoms with van der Waals surface area (Å²) < 4.78 is 0. The molecule has 1 N–H and O–H groups in total. The normalized spacial score (nSPS) is 14.7. The smallest absolute Gasteiger partial charge is 0.123 e. The van der Waals surface area contributed by atoms with Crippen molar-refractivity contribution in [3.63, 3.8) is 0 Å². The maximum absolute atomic E-state index is 10.4. The highest BCUT2D eigenvalue weighted by Gasteiger charge is 2.19. The van der Waals surface area contributed by atoms with Gasteiger partial charge in [0.15, 0.2) is 0 Å². The van der Waals surface area contributed by atoms with E-state index in [1.54, 1.807) is 0 Å². The molecule has 1 heteroatoms. The van der Waals surface area contributed by atoms with Crippen molar-refractivity contribution in [3.8, 4) is 5.75 Å². The van der Waals surface area contributed by atoms with E-state index in [1.807, 2.05) is 30.3 Å². The Bertz CT molecular complexity index is 1230. The van der Waals surface area contributed by atoms with Crippen molar-refractivity contribution in [1.82, 2.24) is 0 Å². The maximum atomic E-state index is 10.4. The molecule has 28 heavy (non-hydrogen) atoms. The number of aromatic hydroxyl groups is 1. The van der Waals surface area contributed by atoms with Crippen LogP contribution in [0.3, 0.4) is 0 Å². The van der Waals surface area contributed by atoms with E-state index in [4.69, 9.17) is 0 Å². The fourth-order valence-corrected chi connectivity index (χ4v) is 4.17. The molecule has 4 aromatic carbocycles. The van der Waals surface area contributed by atoms with E-state index < -0.39 is 0 Å². The highest BCUT2D eigenvalue weighted by atomic mass is 16.3. The van der Waals surface area contributed by atoms with Crippen LogP contribution in [0.1, 0.15) is 28.7 Å². The molecule has 0 unspecified atom stereocenters. The standard InChI is InChI=1S/C27H20O/c28-26-18-17-25(22-14-6-7-15-23(22)26)27(20-10-2-1-3-11-20)24-16-8-12-19-9-4-5-13-21(19)24/h1-15,17-18,28H,16H2. The number of fused-ring (bicyclic) bond motifs is 2. The van der Waals surface area contributed by atoms with Crippen LogP contribution >= 0.6 is 0 Å². The predicted octanol–water partition coefficient (Wildman–Crippen LogP) is 6.92.